The molecule has 6 aromatic rings. The summed E-state index contributed by atoms with van der Waals surface area (Å²) in [5.74, 6) is 1.45. The minimum Gasteiger partial charge on any atom is -0.493 e. The van der Waals surface area contributed by atoms with Crippen LogP contribution < -0.4 is 15.2 Å². The highest BCUT2D eigenvalue weighted by atomic mass is 32.2. The molecule has 4 N–H and O–H groups in total. The molecule has 2 aromatic heterocycles. The molecule has 0 aliphatic heterocycles. The molecule has 11 nitrogen and oxygen atoms in total. The maximum absolute atomic E-state index is 12.7. The molecular formula is C33H34N6O5S. The first-order chi connectivity index (χ1) is 21.5. The molecule has 45 heavy (non-hydrogen) atoms. The van der Waals surface area contributed by atoms with E-state index in [9.17, 15) is 8.42 Å². The van der Waals surface area contributed by atoms with Crippen LogP contribution in [-0.2, 0) is 16.6 Å². The summed E-state index contributed by atoms with van der Waals surface area (Å²) in [6.45, 7) is 2.33. The van der Waals surface area contributed by atoms with Crippen LogP contribution in [0, 0.1) is 0 Å². The van der Waals surface area contributed by atoms with Gasteiger partial charge in [-0.05, 0) is 59.6 Å². The molecule has 0 saturated heterocycles. The van der Waals surface area contributed by atoms with Gasteiger partial charge in [0.25, 0.3) is 10.0 Å². The molecule has 0 spiro atoms. The quantitative estimate of drug-likeness (QED) is 0.0832. The van der Waals surface area contributed by atoms with Crippen molar-refractivity contribution in [2.45, 2.75) is 11.4 Å². The summed E-state index contributed by atoms with van der Waals surface area (Å²) >= 11 is 0. The summed E-state index contributed by atoms with van der Waals surface area (Å²) in [5.41, 5.74) is 16.7. The van der Waals surface area contributed by atoms with Gasteiger partial charge in [0.15, 0.2) is 0 Å². The van der Waals surface area contributed by atoms with E-state index in [1.54, 1.807) is 60.8 Å². The molecule has 0 saturated carbocycles. The standard InChI is InChI=1S/C17H16N4O.C16H16N2O3S.H2O/c18-20-19-10-12-22-17-8-4-7-16-15(17)9-11-21(16)13-14-5-2-1-3-6-14;17-10-12-21-16-8-4-7-15-14(16)9-11-18(15)22(19,20)13-5-2-1-3-6-13;/h1-9,11H,10,12-13H2;1-9,11H,10,12,17H2;1H2. The Hall–Kier alpha value is -5.26. The van der Waals surface area contributed by atoms with Gasteiger partial charge in [-0.1, -0.05) is 65.8 Å². The lowest BCUT2D eigenvalue weighted by Gasteiger charge is -2.09. The second-order valence-electron chi connectivity index (χ2n) is 9.68. The van der Waals surface area contributed by atoms with Crippen molar-refractivity contribution in [2.24, 2.45) is 10.8 Å². The van der Waals surface area contributed by atoms with E-state index in [2.05, 4.69) is 45.1 Å². The second-order valence-corrected chi connectivity index (χ2v) is 11.5. The largest absolute Gasteiger partial charge is 0.493 e. The fourth-order valence-corrected chi connectivity index (χ4v) is 6.17. The van der Waals surface area contributed by atoms with E-state index in [0.29, 0.717) is 37.6 Å². The number of fused-ring (bicyclic) bond motifs is 2. The van der Waals surface area contributed by atoms with Crippen LogP contribution in [0.2, 0.25) is 0 Å². The number of hydrogen-bond donors (Lipinski definition) is 1. The number of aromatic nitrogens is 2. The molecule has 0 radical (unpaired) electrons. The average molecular weight is 627 g/mol. The first-order valence-electron chi connectivity index (χ1n) is 14.0. The molecule has 0 aliphatic carbocycles. The van der Waals surface area contributed by atoms with E-state index in [0.717, 1.165) is 28.6 Å². The van der Waals surface area contributed by atoms with Crippen molar-refractivity contribution in [3.63, 3.8) is 0 Å². The minimum atomic E-state index is -3.62. The van der Waals surface area contributed by atoms with E-state index in [-0.39, 0.29) is 10.4 Å². The van der Waals surface area contributed by atoms with Gasteiger partial charge in [0.1, 0.15) is 18.1 Å². The summed E-state index contributed by atoms with van der Waals surface area (Å²) in [4.78, 5) is 2.97. The molecule has 0 amide bonds. The normalized spacial score (nSPS) is 10.8. The number of nitrogens with two attached hydrogens (primary N) is 1. The van der Waals surface area contributed by atoms with Crippen molar-refractivity contribution in [1.82, 2.24) is 8.54 Å². The maximum atomic E-state index is 12.7. The number of nitrogens with zero attached hydrogens (tertiary/aromatic N) is 5. The Bertz CT molecular complexity index is 1990. The van der Waals surface area contributed by atoms with Gasteiger partial charge in [0.2, 0.25) is 0 Å². The SMILES string of the molecule is NCCOc1cccc2c1ccn2S(=O)(=O)c1ccccc1.O.[N-]=[N+]=NCCOc1cccc2c1ccn2Cc1ccccc1. The molecule has 0 aliphatic rings. The third kappa shape index (κ3) is 7.64. The van der Waals surface area contributed by atoms with Crippen LogP contribution in [0.1, 0.15) is 5.56 Å². The number of azide groups is 1. The molecule has 4 aromatic carbocycles. The lowest BCUT2D eigenvalue weighted by atomic mass is 10.2. The van der Waals surface area contributed by atoms with Gasteiger partial charge < -0.3 is 25.3 Å². The first kappa shape index (κ1) is 32.6. The van der Waals surface area contributed by atoms with Gasteiger partial charge in [-0.3, -0.25) is 0 Å². The van der Waals surface area contributed by atoms with Gasteiger partial charge >= 0.3 is 0 Å². The highest BCUT2D eigenvalue weighted by Crippen LogP contribution is 2.29. The topological polar surface area (TPSA) is 169 Å². The van der Waals surface area contributed by atoms with E-state index in [1.807, 2.05) is 30.3 Å². The Morgan fingerprint density at radius 2 is 1.33 bits per heavy atom. The van der Waals surface area contributed by atoms with Crippen LogP contribution in [0.5, 0.6) is 11.5 Å². The van der Waals surface area contributed by atoms with Crippen LogP contribution in [0.3, 0.4) is 0 Å². The highest BCUT2D eigenvalue weighted by molar-refractivity contribution is 7.90. The predicted octanol–water partition coefficient (Wildman–Crippen LogP) is 5.77. The van der Waals surface area contributed by atoms with Crippen LogP contribution in [0.4, 0.5) is 0 Å². The third-order valence-corrected chi connectivity index (χ3v) is 8.52. The van der Waals surface area contributed by atoms with Crippen LogP contribution in [0.15, 0.2) is 132 Å². The summed E-state index contributed by atoms with van der Waals surface area (Å²) in [6, 6.07) is 33.8. The molecule has 0 unspecified atom stereocenters. The summed E-state index contributed by atoms with van der Waals surface area (Å²) in [7, 11) is -3.62. The summed E-state index contributed by atoms with van der Waals surface area (Å²) in [6.07, 6.45) is 3.61. The van der Waals surface area contributed by atoms with E-state index < -0.39 is 10.0 Å². The average Bonchev–Trinajstić information content (AvgIpc) is 3.69. The van der Waals surface area contributed by atoms with Gasteiger partial charge in [-0.15, -0.1) is 0 Å². The molecule has 0 atom stereocenters. The Labute approximate surface area is 261 Å². The summed E-state index contributed by atoms with van der Waals surface area (Å²) in [5, 5.41) is 5.29. The fraction of sp³-hybridized carbons (Fsp3) is 0.152. The molecule has 0 fully saturated rings. The van der Waals surface area contributed by atoms with E-state index in [4.69, 9.17) is 20.7 Å². The Morgan fingerprint density at radius 1 is 0.733 bits per heavy atom. The number of hydrogen-bond acceptors (Lipinski definition) is 6. The van der Waals surface area contributed by atoms with Crippen molar-refractivity contribution in [2.75, 3.05) is 26.3 Å². The zero-order chi connectivity index (χ0) is 30.8. The van der Waals surface area contributed by atoms with Gasteiger partial charge in [-0.2, -0.15) is 0 Å². The molecule has 12 heteroatoms. The Kier molecular flexibility index (Phi) is 11.2. The van der Waals surface area contributed by atoms with Crippen molar-refractivity contribution >= 4 is 31.8 Å². The smallest absolute Gasteiger partial charge is 0.268 e. The molecule has 232 valence electrons. The van der Waals surface area contributed by atoms with Crippen molar-refractivity contribution in [3.8, 4) is 11.5 Å². The Balaban J connectivity index is 0.000000200. The molecule has 6 rings (SSSR count). The second kappa shape index (κ2) is 15.5. The monoisotopic (exact) mass is 626 g/mol. The minimum absolute atomic E-state index is 0. The van der Waals surface area contributed by atoms with E-state index >= 15 is 0 Å². The molecular weight excluding hydrogens is 592 g/mol. The lowest BCUT2D eigenvalue weighted by molar-refractivity contribution is 0.332. The van der Waals surface area contributed by atoms with Gasteiger partial charge in [0.05, 0.1) is 29.1 Å². The highest BCUT2D eigenvalue weighted by Gasteiger charge is 2.19. The van der Waals surface area contributed by atoms with Crippen molar-refractivity contribution in [1.29, 1.82) is 0 Å². The first-order valence-corrected chi connectivity index (χ1v) is 15.5. The third-order valence-electron chi connectivity index (χ3n) is 6.81. The van der Waals surface area contributed by atoms with Crippen molar-refractivity contribution < 1.29 is 23.4 Å². The summed E-state index contributed by atoms with van der Waals surface area (Å²) < 4.78 is 40.2. The Morgan fingerprint density at radius 3 is 2.00 bits per heavy atom. The van der Waals surface area contributed by atoms with E-state index in [1.165, 1.54) is 9.54 Å². The number of benzene rings is 4. The molecule has 0 bridgehead atoms. The maximum Gasteiger partial charge on any atom is 0.268 e. The predicted molar refractivity (Wildman–Crippen MR) is 176 cm³/mol. The van der Waals surface area contributed by atoms with Gasteiger partial charge in [0, 0.05) is 41.2 Å². The zero-order valence-corrected chi connectivity index (χ0v) is 25.3. The van der Waals surface area contributed by atoms with Crippen molar-refractivity contribution in [3.05, 3.63) is 138 Å². The van der Waals surface area contributed by atoms with Crippen LogP contribution in [-0.4, -0.2) is 48.7 Å². The van der Waals surface area contributed by atoms with Gasteiger partial charge in [-0.25, -0.2) is 12.4 Å². The van der Waals surface area contributed by atoms with Crippen LogP contribution in [0.25, 0.3) is 32.2 Å². The lowest BCUT2D eigenvalue weighted by Crippen LogP contribution is -2.12. The van der Waals surface area contributed by atoms with Crippen LogP contribution >= 0.6 is 0 Å². The molecule has 2 heterocycles. The number of ether oxygens (including phenoxy) is 2. The number of rotatable bonds is 11. The zero-order valence-electron chi connectivity index (χ0n) is 24.4. The fourth-order valence-electron chi connectivity index (χ4n) is 4.81.